The van der Waals surface area contributed by atoms with Crippen molar-refractivity contribution in [1.82, 2.24) is 10.6 Å². The van der Waals surface area contributed by atoms with Gasteiger partial charge in [0, 0.05) is 6.42 Å². The first-order chi connectivity index (χ1) is 7.13. The summed E-state index contributed by atoms with van der Waals surface area (Å²) in [6, 6.07) is -0.694. The van der Waals surface area contributed by atoms with Crippen molar-refractivity contribution in [2.24, 2.45) is 0 Å². The zero-order valence-corrected chi connectivity index (χ0v) is 8.12. The Morgan fingerprint density at radius 1 is 1.67 bits per heavy atom. The zero-order chi connectivity index (χ0) is 11.3. The largest absolute Gasteiger partial charge is 0.445 e. The van der Waals surface area contributed by atoms with Gasteiger partial charge in [0.1, 0.15) is 12.6 Å². The molecule has 0 radical (unpaired) electrons. The van der Waals surface area contributed by atoms with Gasteiger partial charge < -0.3 is 10.1 Å². The van der Waals surface area contributed by atoms with Gasteiger partial charge in [-0.2, -0.15) is 0 Å². The molecule has 0 aromatic carbocycles. The lowest BCUT2D eigenvalue weighted by atomic mass is 10.1. The number of amides is 3. The molecule has 2 N–H and O–H groups in total. The summed E-state index contributed by atoms with van der Waals surface area (Å²) < 4.78 is 4.64. The van der Waals surface area contributed by atoms with Crippen LogP contribution in [0.15, 0.2) is 12.7 Å². The van der Waals surface area contributed by atoms with Crippen LogP contribution in [0.4, 0.5) is 4.79 Å². The van der Waals surface area contributed by atoms with Gasteiger partial charge in [-0.05, 0) is 6.42 Å². The Morgan fingerprint density at radius 2 is 2.40 bits per heavy atom. The van der Waals surface area contributed by atoms with E-state index < -0.39 is 18.0 Å². The molecule has 82 valence electrons. The molecular weight excluding hydrogens is 200 g/mol. The third-order valence-electron chi connectivity index (χ3n) is 1.86. The van der Waals surface area contributed by atoms with Crippen LogP contribution in [0.3, 0.4) is 0 Å². The molecule has 1 unspecified atom stereocenters. The summed E-state index contributed by atoms with van der Waals surface area (Å²) in [5, 5.41) is 4.47. The molecule has 1 aliphatic rings. The Morgan fingerprint density at radius 3 is 3.00 bits per heavy atom. The van der Waals surface area contributed by atoms with Crippen molar-refractivity contribution in [2.45, 2.75) is 18.9 Å². The number of carbonyl (C=O) groups is 3. The summed E-state index contributed by atoms with van der Waals surface area (Å²) in [6.07, 6.45) is 1.25. The number of alkyl carbamates (subject to hydrolysis) is 1. The van der Waals surface area contributed by atoms with Gasteiger partial charge >= 0.3 is 6.09 Å². The summed E-state index contributed by atoms with van der Waals surface area (Å²) in [6.45, 7) is 3.46. The highest BCUT2D eigenvalue weighted by molar-refractivity contribution is 6.01. The number of ether oxygens (including phenoxy) is 1. The number of rotatable bonds is 3. The van der Waals surface area contributed by atoms with Crippen LogP contribution < -0.4 is 10.6 Å². The van der Waals surface area contributed by atoms with Crippen molar-refractivity contribution in [1.29, 1.82) is 0 Å². The molecule has 0 bridgehead atoms. The molecule has 0 aliphatic carbocycles. The molecule has 0 spiro atoms. The third-order valence-corrected chi connectivity index (χ3v) is 1.86. The smallest absolute Gasteiger partial charge is 0.408 e. The molecule has 6 heteroatoms. The number of piperidine rings is 1. The van der Waals surface area contributed by atoms with Crippen molar-refractivity contribution in [2.75, 3.05) is 6.61 Å². The van der Waals surface area contributed by atoms with Crippen LogP contribution in [0.5, 0.6) is 0 Å². The molecule has 15 heavy (non-hydrogen) atoms. The monoisotopic (exact) mass is 212 g/mol. The summed E-state index contributed by atoms with van der Waals surface area (Å²) in [4.78, 5) is 33.0. The van der Waals surface area contributed by atoms with E-state index in [1.807, 2.05) is 0 Å². The van der Waals surface area contributed by atoms with Gasteiger partial charge in [0.2, 0.25) is 11.8 Å². The number of imide groups is 1. The van der Waals surface area contributed by atoms with E-state index in [0.29, 0.717) is 6.42 Å². The normalized spacial score (nSPS) is 20.4. The van der Waals surface area contributed by atoms with Crippen molar-refractivity contribution in [3.05, 3.63) is 12.7 Å². The second kappa shape index (κ2) is 5.14. The molecule has 6 nitrogen and oxygen atoms in total. The van der Waals surface area contributed by atoms with Gasteiger partial charge in [0.25, 0.3) is 0 Å². The van der Waals surface area contributed by atoms with E-state index in [9.17, 15) is 14.4 Å². The highest BCUT2D eigenvalue weighted by atomic mass is 16.5. The lowest BCUT2D eigenvalue weighted by Gasteiger charge is -2.21. The van der Waals surface area contributed by atoms with Crippen LogP contribution in [0, 0.1) is 0 Å². The Hall–Kier alpha value is -1.85. The molecule has 1 heterocycles. The second-order valence-electron chi connectivity index (χ2n) is 3.04. The van der Waals surface area contributed by atoms with Crippen molar-refractivity contribution in [3.63, 3.8) is 0 Å². The van der Waals surface area contributed by atoms with Crippen LogP contribution in [0.2, 0.25) is 0 Å². The topological polar surface area (TPSA) is 84.5 Å². The third kappa shape index (κ3) is 3.41. The fourth-order valence-corrected chi connectivity index (χ4v) is 1.15. The molecule has 1 rings (SSSR count). The highest BCUT2D eigenvalue weighted by Gasteiger charge is 2.27. The number of hydrogen-bond donors (Lipinski definition) is 2. The van der Waals surface area contributed by atoms with Crippen LogP contribution in [0.25, 0.3) is 0 Å². The van der Waals surface area contributed by atoms with Gasteiger partial charge in [0.05, 0.1) is 0 Å². The first kappa shape index (κ1) is 11.2. The maximum atomic E-state index is 11.2. The van der Waals surface area contributed by atoms with E-state index in [1.165, 1.54) is 6.08 Å². The molecule has 0 aromatic heterocycles. The minimum absolute atomic E-state index is 0.0824. The Labute approximate surface area is 86.7 Å². The predicted molar refractivity (Wildman–Crippen MR) is 50.9 cm³/mol. The number of hydrogen-bond acceptors (Lipinski definition) is 4. The van der Waals surface area contributed by atoms with E-state index in [0.717, 1.165) is 0 Å². The van der Waals surface area contributed by atoms with Crippen LogP contribution in [-0.4, -0.2) is 30.6 Å². The van der Waals surface area contributed by atoms with E-state index in [-0.39, 0.29) is 18.9 Å². The van der Waals surface area contributed by atoms with Crippen molar-refractivity contribution < 1.29 is 19.1 Å². The lowest BCUT2D eigenvalue weighted by Crippen LogP contribution is -2.52. The summed E-state index contributed by atoms with van der Waals surface area (Å²) in [5.74, 6) is -0.820. The lowest BCUT2D eigenvalue weighted by molar-refractivity contribution is -0.134. The molecule has 1 saturated heterocycles. The fraction of sp³-hybridized carbons (Fsp3) is 0.444. The molecule has 3 amide bonds. The number of carbonyl (C=O) groups excluding carboxylic acids is 3. The van der Waals surface area contributed by atoms with Gasteiger partial charge in [0.15, 0.2) is 0 Å². The predicted octanol–water partition coefficient (Wildman–Crippen LogP) is -0.296. The van der Waals surface area contributed by atoms with E-state index in [1.54, 1.807) is 0 Å². The molecule has 0 saturated carbocycles. The Kier molecular flexibility index (Phi) is 3.84. The molecule has 1 atom stereocenters. The van der Waals surface area contributed by atoms with Gasteiger partial charge in [-0.3, -0.25) is 14.9 Å². The number of nitrogens with one attached hydrogen (secondary N) is 2. The Balaban J connectivity index is 2.37. The average Bonchev–Trinajstić information content (AvgIpc) is 2.19. The summed E-state index contributed by atoms with van der Waals surface area (Å²) >= 11 is 0. The van der Waals surface area contributed by atoms with Crippen LogP contribution in [0.1, 0.15) is 12.8 Å². The standard InChI is InChI=1S/C9H12N2O4/c1-2-5-15-9(14)10-6-3-4-7(12)11-8(6)13/h2,6H,1,3-5H2,(H,10,14)(H,11,12,13). The summed E-state index contributed by atoms with van der Waals surface area (Å²) in [7, 11) is 0. The molecule has 0 aromatic rings. The van der Waals surface area contributed by atoms with E-state index in [2.05, 4.69) is 21.9 Å². The fourth-order valence-electron chi connectivity index (χ4n) is 1.15. The molecular formula is C9H12N2O4. The van der Waals surface area contributed by atoms with Gasteiger partial charge in [-0.1, -0.05) is 12.7 Å². The van der Waals surface area contributed by atoms with Gasteiger partial charge in [-0.15, -0.1) is 0 Å². The summed E-state index contributed by atoms with van der Waals surface area (Å²) in [5.41, 5.74) is 0. The van der Waals surface area contributed by atoms with Crippen LogP contribution >= 0.6 is 0 Å². The average molecular weight is 212 g/mol. The van der Waals surface area contributed by atoms with E-state index >= 15 is 0 Å². The van der Waals surface area contributed by atoms with E-state index in [4.69, 9.17) is 0 Å². The first-order valence-corrected chi connectivity index (χ1v) is 4.51. The second-order valence-corrected chi connectivity index (χ2v) is 3.04. The SMILES string of the molecule is C=CCOC(=O)NC1CCC(=O)NC1=O. The maximum absolute atomic E-state index is 11.2. The van der Waals surface area contributed by atoms with Crippen LogP contribution in [-0.2, 0) is 14.3 Å². The van der Waals surface area contributed by atoms with Crippen molar-refractivity contribution in [3.8, 4) is 0 Å². The minimum Gasteiger partial charge on any atom is -0.445 e. The minimum atomic E-state index is -0.694. The maximum Gasteiger partial charge on any atom is 0.408 e. The molecule has 1 fully saturated rings. The highest BCUT2D eigenvalue weighted by Crippen LogP contribution is 2.04. The van der Waals surface area contributed by atoms with Crippen molar-refractivity contribution >= 4 is 17.9 Å². The first-order valence-electron chi connectivity index (χ1n) is 4.51. The molecule has 1 aliphatic heterocycles. The quantitative estimate of drug-likeness (QED) is 0.497. The Bertz CT molecular complexity index is 300. The zero-order valence-electron chi connectivity index (χ0n) is 8.12. The van der Waals surface area contributed by atoms with Gasteiger partial charge in [-0.25, -0.2) is 4.79 Å².